The molecule has 0 aliphatic rings. The number of anilines is 1. The van der Waals surface area contributed by atoms with E-state index in [4.69, 9.17) is 9.47 Å². The molecule has 8 nitrogen and oxygen atoms in total. The van der Waals surface area contributed by atoms with Gasteiger partial charge in [-0.25, -0.2) is 4.79 Å². The van der Waals surface area contributed by atoms with Crippen molar-refractivity contribution < 1.29 is 29.0 Å². The Balaban J connectivity index is 1.77. The van der Waals surface area contributed by atoms with E-state index in [1.165, 1.54) is 12.1 Å². The van der Waals surface area contributed by atoms with Crippen LogP contribution in [0.15, 0.2) is 60.7 Å². The molecule has 0 spiro atoms. The molecule has 1 unspecified atom stereocenters. The van der Waals surface area contributed by atoms with Crippen molar-refractivity contribution in [3.63, 3.8) is 0 Å². The summed E-state index contributed by atoms with van der Waals surface area (Å²) in [5, 5.41) is 15.7. The number of hydrogen-bond donors (Lipinski definition) is 3. The Morgan fingerprint density at radius 2 is 1.63 bits per heavy atom. The highest BCUT2D eigenvalue weighted by atomic mass is 16.5. The highest BCUT2D eigenvalue weighted by molar-refractivity contribution is 6.37. The number of carbonyl (C=O) groups is 3. The summed E-state index contributed by atoms with van der Waals surface area (Å²) in [5.41, 5.74) is 2.83. The van der Waals surface area contributed by atoms with E-state index in [1.807, 2.05) is 37.3 Å². The second-order valence-corrected chi connectivity index (χ2v) is 8.00. The molecule has 3 N–H and O–H groups in total. The summed E-state index contributed by atoms with van der Waals surface area (Å²) in [6.07, 6.45) is 0. The van der Waals surface area contributed by atoms with Gasteiger partial charge in [-0.05, 0) is 74.7 Å². The molecule has 0 radical (unpaired) electrons. The van der Waals surface area contributed by atoms with E-state index in [0.29, 0.717) is 28.3 Å². The first-order valence-corrected chi connectivity index (χ1v) is 11.2. The summed E-state index contributed by atoms with van der Waals surface area (Å²) in [5.74, 6) is -1.54. The Hall–Kier alpha value is -4.33. The lowest BCUT2D eigenvalue weighted by atomic mass is 10.1. The highest BCUT2D eigenvalue weighted by Gasteiger charge is 2.18. The predicted molar refractivity (Wildman–Crippen MR) is 132 cm³/mol. The second-order valence-electron chi connectivity index (χ2n) is 8.00. The standard InChI is InChI=1S/C27H28N2O6/c1-5-34-27(33)26(32)29-20-13-16(2)24(17(3)14-20)35-21-11-12-23(30)22(15-21)25(31)28-18(4)19-9-7-6-8-10-19/h6-15,18,30H,5H2,1-4H3,(H,28,31)(H,29,32). The van der Waals surface area contributed by atoms with Crippen LogP contribution in [-0.2, 0) is 14.3 Å². The van der Waals surface area contributed by atoms with Crippen LogP contribution in [0.25, 0.3) is 0 Å². The van der Waals surface area contributed by atoms with Crippen LogP contribution in [0.4, 0.5) is 5.69 Å². The van der Waals surface area contributed by atoms with Crippen LogP contribution >= 0.6 is 0 Å². The minimum Gasteiger partial charge on any atom is -0.507 e. The van der Waals surface area contributed by atoms with Crippen LogP contribution in [-0.4, -0.2) is 29.5 Å². The summed E-state index contributed by atoms with van der Waals surface area (Å²) in [6, 6.07) is 17.0. The largest absolute Gasteiger partial charge is 0.507 e. The zero-order valence-electron chi connectivity index (χ0n) is 20.0. The van der Waals surface area contributed by atoms with Crippen molar-refractivity contribution >= 4 is 23.5 Å². The number of hydrogen-bond acceptors (Lipinski definition) is 6. The number of esters is 1. The normalized spacial score (nSPS) is 11.3. The van der Waals surface area contributed by atoms with E-state index in [1.54, 1.807) is 39.0 Å². The maximum atomic E-state index is 12.8. The molecule has 0 saturated heterocycles. The Kier molecular flexibility index (Phi) is 8.09. The van der Waals surface area contributed by atoms with Crippen LogP contribution in [0.1, 0.15) is 46.9 Å². The fourth-order valence-corrected chi connectivity index (χ4v) is 3.54. The van der Waals surface area contributed by atoms with Gasteiger partial charge in [-0.15, -0.1) is 0 Å². The molecule has 8 heteroatoms. The van der Waals surface area contributed by atoms with Crippen molar-refractivity contribution in [3.8, 4) is 17.2 Å². The number of nitrogens with one attached hydrogen (secondary N) is 2. The van der Waals surface area contributed by atoms with E-state index in [0.717, 1.165) is 5.56 Å². The van der Waals surface area contributed by atoms with Gasteiger partial charge in [0.05, 0.1) is 18.2 Å². The van der Waals surface area contributed by atoms with Crippen LogP contribution in [0.5, 0.6) is 17.2 Å². The monoisotopic (exact) mass is 476 g/mol. The van der Waals surface area contributed by atoms with Crippen molar-refractivity contribution in [2.75, 3.05) is 11.9 Å². The van der Waals surface area contributed by atoms with E-state index < -0.39 is 17.8 Å². The number of rotatable bonds is 7. The number of aromatic hydroxyl groups is 1. The summed E-state index contributed by atoms with van der Waals surface area (Å²) in [6.45, 7) is 7.16. The van der Waals surface area contributed by atoms with Gasteiger partial charge in [-0.3, -0.25) is 9.59 Å². The molecule has 3 aromatic carbocycles. The van der Waals surface area contributed by atoms with Gasteiger partial charge in [0.1, 0.15) is 17.2 Å². The predicted octanol–water partition coefficient (Wildman–Crippen LogP) is 4.79. The van der Waals surface area contributed by atoms with Gasteiger partial charge in [0.25, 0.3) is 5.91 Å². The maximum Gasteiger partial charge on any atom is 0.397 e. The maximum absolute atomic E-state index is 12.8. The Bertz CT molecular complexity index is 1220. The first kappa shape index (κ1) is 25.3. The fourth-order valence-electron chi connectivity index (χ4n) is 3.54. The molecule has 0 fully saturated rings. The number of phenolic OH excluding ortho intramolecular Hbond substituents is 1. The Morgan fingerprint density at radius 1 is 0.971 bits per heavy atom. The smallest absolute Gasteiger partial charge is 0.397 e. The molecular formula is C27H28N2O6. The lowest BCUT2D eigenvalue weighted by Crippen LogP contribution is -2.26. The topological polar surface area (TPSA) is 114 Å². The molecular weight excluding hydrogens is 448 g/mol. The van der Waals surface area contributed by atoms with Crippen LogP contribution < -0.4 is 15.4 Å². The van der Waals surface area contributed by atoms with Crippen LogP contribution in [0, 0.1) is 13.8 Å². The minimum absolute atomic E-state index is 0.0823. The molecule has 3 aromatic rings. The van der Waals surface area contributed by atoms with Crippen molar-refractivity contribution in [3.05, 3.63) is 82.9 Å². The molecule has 3 rings (SSSR count). The second kappa shape index (κ2) is 11.2. The number of ether oxygens (including phenoxy) is 2. The first-order valence-electron chi connectivity index (χ1n) is 11.2. The summed E-state index contributed by atoms with van der Waals surface area (Å²) in [4.78, 5) is 36.3. The van der Waals surface area contributed by atoms with Gasteiger partial charge < -0.3 is 25.2 Å². The third-order valence-electron chi connectivity index (χ3n) is 5.26. The lowest BCUT2D eigenvalue weighted by Gasteiger charge is -2.17. The third-order valence-corrected chi connectivity index (χ3v) is 5.26. The van der Waals surface area contributed by atoms with Gasteiger partial charge in [0, 0.05) is 5.69 Å². The number of phenols is 1. The number of benzene rings is 3. The summed E-state index contributed by atoms with van der Waals surface area (Å²) < 4.78 is 10.7. The zero-order chi connectivity index (χ0) is 25.5. The number of carbonyl (C=O) groups excluding carboxylic acids is 3. The summed E-state index contributed by atoms with van der Waals surface area (Å²) in [7, 11) is 0. The quantitative estimate of drug-likeness (QED) is 0.334. The summed E-state index contributed by atoms with van der Waals surface area (Å²) >= 11 is 0. The van der Waals surface area contributed by atoms with E-state index in [9.17, 15) is 19.5 Å². The molecule has 0 bridgehead atoms. The zero-order valence-corrected chi connectivity index (χ0v) is 20.0. The third kappa shape index (κ3) is 6.38. The van der Waals surface area contributed by atoms with Crippen molar-refractivity contribution in [2.45, 2.75) is 33.7 Å². The van der Waals surface area contributed by atoms with Gasteiger partial charge in [-0.2, -0.15) is 0 Å². The molecule has 0 aliphatic heterocycles. The highest BCUT2D eigenvalue weighted by Crippen LogP contribution is 2.33. The van der Waals surface area contributed by atoms with E-state index >= 15 is 0 Å². The van der Waals surface area contributed by atoms with Crippen molar-refractivity contribution in [2.24, 2.45) is 0 Å². The molecule has 0 heterocycles. The average Bonchev–Trinajstić information content (AvgIpc) is 2.83. The van der Waals surface area contributed by atoms with Gasteiger partial charge in [0.2, 0.25) is 0 Å². The van der Waals surface area contributed by atoms with Crippen molar-refractivity contribution in [1.29, 1.82) is 0 Å². The molecule has 1 atom stereocenters. The Labute approximate surface area is 203 Å². The first-order chi connectivity index (χ1) is 16.7. The molecule has 2 amide bonds. The SMILES string of the molecule is CCOC(=O)C(=O)Nc1cc(C)c(Oc2ccc(O)c(C(=O)NC(C)c3ccccc3)c2)c(C)c1. The number of amides is 2. The van der Waals surface area contributed by atoms with E-state index in [2.05, 4.69) is 10.6 Å². The average molecular weight is 477 g/mol. The fraction of sp³-hybridized carbons (Fsp3) is 0.222. The van der Waals surface area contributed by atoms with Crippen molar-refractivity contribution in [1.82, 2.24) is 5.32 Å². The molecule has 0 aromatic heterocycles. The van der Waals surface area contributed by atoms with Gasteiger partial charge >= 0.3 is 11.9 Å². The number of aryl methyl sites for hydroxylation is 2. The van der Waals surface area contributed by atoms with Gasteiger partial charge in [-0.1, -0.05) is 30.3 Å². The van der Waals surface area contributed by atoms with Gasteiger partial charge in [0.15, 0.2) is 0 Å². The molecule has 182 valence electrons. The van der Waals surface area contributed by atoms with Crippen LogP contribution in [0.2, 0.25) is 0 Å². The lowest BCUT2D eigenvalue weighted by molar-refractivity contribution is -0.152. The van der Waals surface area contributed by atoms with E-state index in [-0.39, 0.29) is 24.0 Å². The molecule has 0 saturated carbocycles. The Morgan fingerprint density at radius 3 is 2.26 bits per heavy atom. The molecule has 35 heavy (non-hydrogen) atoms. The molecule has 0 aliphatic carbocycles. The van der Waals surface area contributed by atoms with Crippen LogP contribution in [0.3, 0.4) is 0 Å². The minimum atomic E-state index is -0.959.